The predicted molar refractivity (Wildman–Crippen MR) is 83.8 cm³/mol. The van der Waals surface area contributed by atoms with Gasteiger partial charge in [0.05, 0.1) is 16.4 Å². The van der Waals surface area contributed by atoms with E-state index >= 15 is 0 Å². The lowest BCUT2D eigenvalue weighted by atomic mass is 10.3. The Balaban J connectivity index is 2.46. The van der Waals surface area contributed by atoms with Gasteiger partial charge in [0.1, 0.15) is 4.90 Å². The van der Waals surface area contributed by atoms with Crippen LogP contribution in [0, 0.1) is 6.92 Å². The van der Waals surface area contributed by atoms with E-state index in [2.05, 4.69) is 5.10 Å². The number of anilines is 1. The standard InChI is InChI=1S/C13H18N4O2S2/c1-9-8-12(17(4)15-9)20-10-6-5-7-11(13(10)14)21(18,19)16(2)3/h5-8H,14H2,1-4H3. The van der Waals surface area contributed by atoms with E-state index in [1.165, 1.54) is 31.9 Å². The highest BCUT2D eigenvalue weighted by molar-refractivity contribution is 7.99. The molecule has 0 fully saturated rings. The molecule has 0 saturated carbocycles. The average molecular weight is 326 g/mol. The van der Waals surface area contributed by atoms with Crippen molar-refractivity contribution in [3.05, 3.63) is 30.0 Å². The number of nitrogens with zero attached hydrogens (tertiary/aromatic N) is 3. The molecule has 0 bridgehead atoms. The van der Waals surface area contributed by atoms with Crippen LogP contribution < -0.4 is 5.73 Å². The monoisotopic (exact) mass is 326 g/mol. The fourth-order valence-corrected chi connectivity index (χ4v) is 3.92. The number of hydrogen-bond acceptors (Lipinski definition) is 5. The summed E-state index contributed by atoms with van der Waals surface area (Å²) < 4.78 is 27.4. The van der Waals surface area contributed by atoms with Crippen molar-refractivity contribution >= 4 is 27.5 Å². The van der Waals surface area contributed by atoms with Gasteiger partial charge in [-0.25, -0.2) is 12.7 Å². The lowest BCUT2D eigenvalue weighted by Crippen LogP contribution is -2.23. The summed E-state index contributed by atoms with van der Waals surface area (Å²) in [4.78, 5) is 0.817. The highest BCUT2D eigenvalue weighted by atomic mass is 32.2. The van der Waals surface area contributed by atoms with Crippen LogP contribution in [0.4, 0.5) is 5.69 Å². The highest BCUT2D eigenvalue weighted by Gasteiger charge is 2.22. The summed E-state index contributed by atoms with van der Waals surface area (Å²) >= 11 is 1.40. The molecule has 0 spiro atoms. The number of hydrogen-bond donors (Lipinski definition) is 1. The number of benzene rings is 1. The fourth-order valence-electron chi connectivity index (χ4n) is 1.83. The maximum Gasteiger partial charge on any atom is 0.244 e. The summed E-state index contributed by atoms with van der Waals surface area (Å²) in [5.74, 6) is 0. The Morgan fingerprint density at radius 1 is 1.33 bits per heavy atom. The summed E-state index contributed by atoms with van der Waals surface area (Å²) in [6.45, 7) is 1.90. The van der Waals surface area contributed by atoms with Gasteiger partial charge in [-0.05, 0) is 25.1 Å². The van der Waals surface area contributed by atoms with Crippen LogP contribution in [0.1, 0.15) is 5.69 Å². The summed E-state index contributed by atoms with van der Waals surface area (Å²) in [5, 5.41) is 5.17. The second-order valence-electron chi connectivity index (χ2n) is 4.81. The van der Waals surface area contributed by atoms with E-state index in [0.717, 1.165) is 15.0 Å². The Morgan fingerprint density at radius 3 is 2.52 bits per heavy atom. The minimum absolute atomic E-state index is 0.122. The molecule has 0 aliphatic rings. The van der Waals surface area contributed by atoms with Crippen LogP contribution in [-0.2, 0) is 17.1 Å². The molecular formula is C13H18N4O2S2. The first-order valence-corrected chi connectivity index (χ1v) is 8.48. The molecule has 0 amide bonds. The molecule has 1 aromatic carbocycles. The van der Waals surface area contributed by atoms with E-state index in [9.17, 15) is 8.42 Å². The van der Waals surface area contributed by atoms with Crippen molar-refractivity contribution in [3.63, 3.8) is 0 Å². The number of sulfonamides is 1. The van der Waals surface area contributed by atoms with Crippen molar-refractivity contribution < 1.29 is 8.42 Å². The minimum Gasteiger partial charge on any atom is -0.397 e. The van der Waals surface area contributed by atoms with Crippen molar-refractivity contribution in [3.8, 4) is 0 Å². The molecule has 0 radical (unpaired) electrons. The molecule has 6 nitrogen and oxygen atoms in total. The largest absolute Gasteiger partial charge is 0.397 e. The predicted octanol–water partition coefficient (Wildman–Crippen LogP) is 1.71. The van der Waals surface area contributed by atoms with Crippen molar-refractivity contribution in [2.24, 2.45) is 7.05 Å². The zero-order chi connectivity index (χ0) is 15.8. The van der Waals surface area contributed by atoms with Gasteiger partial charge in [0.25, 0.3) is 0 Å². The van der Waals surface area contributed by atoms with Gasteiger partial charge in [0, 0.05) is 26.0 Å². The second-order valence-corrected chi connectivity index (χ2v) is 7.99. The SMILES string of the molecule is Cc1cc(Sc2cccc(S(=O)(=O)N(C)C)c2N)n(C)n1. The topological polar surface area (TPSA) is 81.2 Å². The molecule has 0 saturated heterocycles. The molecule has 0 atom stereocenters. The first kappa shape index (κ1) is 15.9. The van der Waals surface area contributed by atoms with Crippen LogP contribution in [0.2, 0.25) is 0 Å². The summed E-state index contributed by atoms with van der Waals surface area (Å²) in [7, 11) is 1.25. The van der Waals surface area contributed by atoms with Crippen LogP contribution in [0.25, 0.3) is 0 Å². The Hall–Kier alpha value is -1.51. The van der Waals surface area contributed by atoms with E-state index in [4.69, 9.17) is 5.73 Å². The Bertz CT molecular complexity index is 766. The molecule has 114 valence electrons. The number of aryl methyl sites for hydroxylation is 2. The van der Waals surface area contributed by atoms with Crippen LogP contribution in [-0.4, -0.2) is 36.6 Å². The molecule has 2 rings (SSSR count). The zero-order valence-corrected chi connectivity index (χ0v) is 14.0. The molecule has 0 aliphatic heterocycles. The number of nitrogens with two attached hydrogens (primary N) is 1. The van der Waals surface area contributed by atoms with E-state index in [-0.39, 0.29) is 10.6 Å². The van der Waals surface area contributed by atoms with Gasteiger partial charge in [-0.15, -0.1) is 0 Å². The summed E-state index contributed by atoms with van der Waals surface area (Å²) in [6.07, 6.45) is 0. The number of para-hydroxylation sites is 1. The van der Waals surface area contributed by atoms with E-state index in [1.54, 1.807) is 16.8 Å². The Labute approximate surface area is 129 Å². The van der Waals surface area contributed by atoms with Crippen LogP contribution in [0.15, 0.2) is 39.1 Å². The molecule has 2 aromatic rings. The van der Waals surface area contributed by atoms with Gasteiger partial charge in [-0.1, -0.05) is 17.8 Å². The zero-order valence-electron chi connectivity index (χ0n) is 12.4. The minimum atomic E-state index is -3.55. The number of nitrogen functional groups attached to an aromatic ring is 1. The summed E-state index contributed by atoms with van der Waals surface area (Å²) in [5.41, 5.74) is 7.21. The van der Waals surface area contributed by atoms with Crippen molar-refractivity contribution in [1.29, 1.82) is 0 Å². The molecule has 8 heteroatoms. The average Bonchev–Trinajstić information content (AvgIpc) is 2.70. The molecule has 21 heavy (non-hydrogen) atoms. The lowest BCUT2D eigenvalue weighted by molar-refractivity contribution is 0.521. The van der Waals surface area contributed by atoms with Crippen LogP contribution >= 0.6 is 11.8 Å². The van der Waals surface area contributed by atoms with E-state index < -0.39 is 10.0 Å². The molecule has 0 aliphatic carbocycles. The second kappa shape index (κ2) is 5.70. The van der Waals surface area contributed by atoms with Gasteiger partial charge >= 0.3 is 0 Å². The van der Waals surface area contributed by atoms with Gasteiger partial charge in [-0.2, -0.15) is 5.10 Å². The number of rotatable bonds is 4. The van der Waals surface area contributed by atoms with E-state index in [1.807, 2.05) is 20.0 Å². The third-order valence-electron chi connectivity index (χ3n) is 2.96. The Kier molecular flexibility index (Phi) is 4.31. The smallest absolute Gasteiger partial charge is 0.244 e. The highest BCUT2D eigenvalue weighted by Crippen LogP contribution is 2.35. The van der Waals surface area contributed by atoms with Crippen molar-refractivity contribution in [2.75, 3.05) is 19.8 Å². The van der Waals surface area contributed by atoms with Gasteiger partial charge in [0.15, 0.2) is 0 Å². The molecule has 1 aromatic heterocycles. The summed E-state index contributed by atoms with van der Waals surface area (Å²) in [6, 6.07) is 6.94. The first-order valence-electron chi connectivity index (χ1n) is 6.23. The molecule has 0 unspecified atom stereocenters. The molecule has 2 N–H and O–H groups in total. The van der Waals surface area contributed by atoms with Crippen molar-refractivity contribution in [1.82, 2.24) is 14.1 Å². The molecule has 1 heterocycles. The maximum absolute atomic E-state index is 12.2. The fraction of sp³-hybridized carbons (Fsp3) is 0.308. The van der Waals surface area contributed by atoms with Gasteiger partial charge < -0.3 is 5.73 Å². The van der Waals surface area contributed by atoms with Crippen LogP contribution in [0.5, 0.6) is 0 Å². The first-order chi connectivity index (χ1) is 9.73. The van der Waals surface area contributed by atoms with Gasteiger partial charge in [-0.3, -0.25) is 4.68 Å². The van der Waals surface area contributed by atoms with Crippen LogP contribution in [0.3, 0.4) is 0 Å². The maximum atomic E-state index is 12.2. The molecular weight excluding hydrogens is 308 g/mol. The normalized spacial score (nSPS) is 12.0. The third-order valence-corrected chi connectivity index (χ3v) is 6.00. The number of aromatic nitrogens is 2. The van der Waals surface area contributed by atoms with Crippen molar-refractivity contribution in [2.45, 2.75) is 21.7 Å². The lowest BCUT2D eigenvalue weighted by Gasteiger charge is -2.15. The third kappa shape index (κ3) is 3.07. The van der Waals surface area contributed by atoms with E-state index in [0.29, 0.717) is 4.90 Å². The quantitative estimate of drug-likeness (QED) is 0.865. The van der Waals surface area contributed by atoms with Gasteiger partial charge in [0.2, 0.25) is 10.0 Å². The Morgan fingerprint density at radius 2 is 2.00 bits per heavy atom.